The van der Waals surface area contributed by atoms with Crippen LogP contribution in [0, 0.1) is 17.3 Å². The lowest BCUT2D eigenvalue weighted by Gasteiger charge is -2.41. The molecule has 0 aromatic carbocycles. The van der Waals surface area contributed by atoms with Gasteiger partial charge in [0.15, 0.2) is 0 Å². The zero-order valence-corrected chi connectivity index (χ0v) is 20.3. The third kappa shape index (κ3) is 2.75. The van der Waals surface area contributed by atoms with Crippen LogP contribution in [-0.4, -0.2) is 23.8 Å². The molecular formula is C28H35NO2S. The number of allylic oxidation sites excluding steroid dienone is 2. The van der Waals surface area contributed by atoms with Gasteiger partial charge in [0, 0.05) is 40.5 Å². The van der Waals surface area contributed by atoms with Crippen molar-refractivity contribution in [3.63, 3.8) is 0 Å². The molecule has 0 aliphatic heterocycles. The summed E-state index contributed by atoms with van der Waals surface area (Å²) in [6, 6.07) is 6.27. The number of thioether (sulfide) groups is 1. The van der Waals surface area contributed by atoms with Crippen LogP contribution in [0.5, 0.6) is 0 Å². The zero-order valence-electron chi connectivity index (χ0n) is 19.5. The van der Waals surface area contributed by atoms with Crippen LogP contribution in [0.4, 0.5) is 0 Å². The minimum atomic E-state index is -0.314. The Morgan fingerprint density at radius 1 is 1.03 bits per heavy atom. The summed E-state index contributed by atoms with van der Waals surface area (Å²) in [6.45, 7) is 5.79. The molecule has 3 nitrogen and oxygen atoms in total. The van der Waals surface area contributed by atoms with E-state index in [4.69, 9.17) is 9.47 Å². The fourth-order valence-electron chi connectivity index (χ4n) is 7.70. The summed E-state index contributed by atoms with van der Waals surface area (Å²) in [5, 5.41) is 1.10. The summed E-state index contributed by atoms with van der Waals surface area (Å²) >= 11 is 1.90. The van der Waals surface area contributed by atoms with E-state index in [0.29, 0.717) is 11.8 Å². The summed E-state index contributed by atoms with van der Waals surface area (Å²) in [4.78, 5) is 6.18. The smallest absolute Gasteiger partial charge is 0.120 e. The largest absolute Gasteiger partial charge is 0.497 e. The van der Waals surface area contributed by atoms with Crippen molar-refractivity contribution in [3.8, 4) is 0 Å². The molecule has 0 radical (unpaired) electrons. The van der Waals surface area contributed by atoms with Gasteiger partial charge in [0.2, 0.25) is 0 Å². The van der Waals surface area contributed by atoms with Crippen LogP contribution in [0.1, 0.15) is 71.6 Å². The van der Waals surface area contributed by atoms with Gasteiger partial charge in [0.25, 0.3) is 0 Å². The Balaban J connectivity index is 1.59. The summed E-state index contributed by atoms with van der Waals surface area (Å²) in [5.74, 6) is 2.27. The summed E-state index contributed by atoms with van der Waals surface area (Å²) in [5.41, 5.74) is 4.61. The molecule has 0 spiro atoms. The maximum atomic E-state index is 6.86. The molecule has 0 unspecified atom stereocenters. The molecule has 0 N–H and O–H groups in total. The maximum Gasteiger partial charge on any atom is 0.120 e. The average Bonchev–Trinajstić information content (AvgIpc) is 3.25. The minimum absolute atomic E-state index is 0.0989. The molecule has 4 atom stereocenters. The Kier molecular flexibility index (Phi) is 5.30. The monoisotopic (exact) mass is 449 g/mol. The van der Waals surface area contributed by atoms with E-state index in [1.807, 2.05) is 24.0 Å². The number of nitrogens with zero attached hydrogens (tertiary/aromatic N) is 1. The lowest BCUT2D eigenvalue weighted by molar-refractivity contribution is -0.0268. The summed E-state index contributed by atoms with van der Waals surface area (Å²) in [7, 11) is 0. The van der Waals surface area contributed by atoms with Gasteiger partial charge in [0.05, 0.1) is 6.61 Å². The second-order valence-electron chi connectivity index (χ2n) is 10.00. The highest BCUT2D eigenvalue weighted by Crippen LogP contribution is 2.77. The number of ether oxygens (including phenoxy) is 2. The van der Waals surface area contributed by atoms with E-state index in [2.05, 4.69) is 37.0 Å². The second kappa shape index (κ2) is 8.06. The van der Waals surface area contributed by atoms with Crippen LogP contribution in [0.15, 0.2) is 62.9 Å². The SMILES string of the molecule is CCOC1=C2C(=C3CCCCC[C@H]31)[C@]13CCCC[C@H]1[C@@]2(OCC)C=C3Sc1ccccn1. The first-order valence-electron chi connectivity index (χ1n) is 12.8. The van der Waals surface area contributed by atoms with E-state index >= 15 is 0 Å². The second-order valence-corrected chi connectivity index (χ2v) is 11.1. The van der Waals surface area contributed by atoms with Gasteiger partial charge in [-0.15, -0.1) is 0 Å². The van der Waals surface area contributed by atoms with E-state index in [-0.39, 0.29) is 11.0 Å². The van der Waals surface area contributed by atoms with Crippen LogP contribution >= 0.6 is 11.8 Å². The summed E-state index contributed by atoms with van der Waals surface area (Å²) < 4.78 is 13.4. The number of hydrogen-bond acceptors (Lipinski definition) is 4. The van der Waals surface area contributed by atoms with Crippen molar-refractivity contribution in [1.82, 2.24) is 4.98 Å². The first-order chi connectivity index (χ1) is 15.8. The van der Waals surface area contributed by atoms with Gasteiger partial charge in [-0.05, 0) is 69.7 Å². The van der Waals surface area contributed by atoms with Crippen molar-refractivity contribution in [2.75, 3.05) is 13.2 Å². The fourth-order valence-corrected chi connectivity index (χ4v) is 8.94. The van der Waals surface area contributed by atoms with E-state index in [9.17, 15) is 0 Å². The van der Waals surface area contributed by atoms with Gasteiger partial charge >= 0.3 is 0 Å². The van der Waals surface area contributed by atoms with Crippen molar-refractivity contribution in [1.29, 1.82) is 0 Å². The molecular weight excluding hydrogens is 414 g/mol. The third-order valence-electron chi connectivity index (χ3n) is 8.58. The van der Waals surface area contributed by atoms with Crippen LogP contribution in [0.25, 0.3) is 0 Å². The highest BCUT2D eigenvalue weighted by Gasteiger charge is 2.72. The van der Waals surface area contributed by atoms with Gasteiger partial charge in [0.1, 0.15) is 16.4 Å². The molecule has 1 heterocycles. The topological polar surface area (TPSA) is 31.4 Å². The van der Waals surface area contributed by atoms with Crippen molar-refractivity contribution < 1.29 is 9.47 Å². The zero-order chi connectivity index (χ0) is 21.8. The first kappa shape index (κ1) is 21.0. The van der Waals surface area contributed by atoms with E-state index < -0.39 is 0 Å². The number of fused-ring (bicyclic) bond motifs is 3. The molecule has 0 saturated heterocycles. The predicted octanol–water partition coefficient (Wildman–Crippen LogP) is 7.22. The Labute approximate surface area is 196 Å². The van der Waals surface area contributed by atoms with Crippen LogP contribution in [-0.2, 0) is 9.47 Å². The molecule has 0 amide bonds. The van der Waals surface area contributed by atoms with Gasteiger partial charge in [-0.1, -0.05) is 49.1 Å². The van der Waals surface area contributed by atoms with E-state index in [0.717, 1.165) is 18.2 Å². The number of hydrogen-bond donors (Lipinski definition) is 0. The highest BCUT2D eigenvalue weighted by molar-refractivity contribution is 8.03. The average molecular weight is 450 g/mol. The normalized spacial score (nSPS) is 35.4. The van der Waals surface area contributed by atoms with Crippen molar-refractivity contribution in [2.45, 2.75) is 82.3 Å². The van der Waals surface area contributed by atoms with Gasteiger partial charge in [-0.2, -0.15) is 0 Å². The third-order valence-corrected chi connectivity index (χ3v) is 9.73. The quantitative estimate of drug-likeness (QED) is 0.459. The maximum absolute atomic E-state index is 6.86. The standard InChI is InChI=1S/C28H35NO2S/c1-3-30-26-20-13-7-5-6-12-19(20)24-25(26)28(31-4-2)18-22(32-23-15-9-11-17-29-23)27(24)16-10-8-14-21(27)28/h9,11,15,17-18,20-21H,3-8,10,12-14,16H2,1-2H3/t20-,21-,27-,28+/m1/s1. The number of rotatable bonds is 6. The lowest BCUT2D eigenvalue weighted by Crippen LogP contribution is -2.39. The van der Waals surface area contributed by atoms with Gasteiger partial charge < -0.3 is 9.47 Å². The summed E-state index contributed by atoms with van der Waals surface area (Å²) in [6.07, 6.45) is 16.0. The number of pyridine rings is 1. The molecule has 3 fully saturated rings. The lowest BCUT2D eigenvalue weighted by atomic mass is 9.66. The van der Waals surface area contributed by atoms with Crippen LogP contribution in [0.3, 0.4) is 0 Å². The van der Waals surface area contributed by atoms with Crippen molar-refractivity contribution >= 4 is 11.8 Å². The number of aromatic nitrogens is 1. The van der Waals surface area contributed by atoms with Gasteiger partial charge in [-0.3, -0.25) is 0 Å². The Hall–Kier alpha value is -1.52. The molecule has 1 aromatic heterocycles. The Morgan fingerprint density at radius 3 is 2.75 bits per heavy atom. The molecule has 170 valence electrons. The van der Waals surface area contributed by atoms with E-state index in [1.54, 1.807) is 11.1 Å². The van der Waals surface area contributed by atoms with Gasteiger partial charge in [-0.25, -0.2) is 4.98 Å². The van der Waals surface area contributed by atoms with E-state index in [1.165, 1.54) is 74.0 Å². The van der Waals surface area contributed by atoms with Crippen molar-refractivity contribution in [2.24, 2.45) is 17.3 Å². The Bertz CT molecular complexity index is 996. The molecule has 6 rings (SSSR count). The minimum Gasteiger partial charge on any atom is -0.497 e. The predicted molar refractivity (Wildman–Crippen MR) is 129 cm³/mol. The molecule has 5 aliphatic rings. The fraction of sp³-hybridized carbons (Fsp3) is 0.607. The molecule has 2 bridgehead atoms. The Morgan fingerprint density at radius 2 is 1.94 bits per heavy atom. The molecule has 3 saturated carbocycles. The first-order valence-corrected chi connectivity index (χ1v) is 13.7. The molecule has 4 heteroatoms. The van der Waals surface area contributed by atoms with Crippen LogP contribution in [0.2, 0.25) is 0 Å². The van der Waals surface area contributed by atoms with Crippen molar-refractivity contribution in [3.05, 3.63) is 57.9 Å². The molecule has 32 heavy (non-hydrogen) atoms. The molecule has 5 aliphatic carbocycles. The molecule has 1 aromatic rings. The van der Waals surface area contributed by atoms with Crippen LogP contribution < -0.4 is 0 Å². The highest BCUT2D eigenvalue weighted by atomic mass is 32.2.